The van der Waals surface area contributed by atoms with Gasteiger partial charge in [-0.15, -0.1) is 13.2 Å². The Morgan fingerprint density at radius 1 is 1.18 bits per heavy atom. The zero-order valence-corrected chi connectivity index (χ0v) is 20.1. The van der Waals surface area contributed by atoms with Crippen LogP contribution in [0.3, 0.4) is 0 Å². The van der Waals surface area contributed by atoms with Crippen molar-refractivity contribution < 1.29 is 22.5 Å². The molecule has 0 aliphatic rings. The van der Waals surface area contributed by atoms with E-state index in [4.69, 9.17) is 11.5 Å². The number of hydrogen-bond acceptors (Lipinski definition) is 5. The quantitative estimate of drug-likeness (QED) is 0.350. The van der Waals surface area contributed by atoms with Gasteiger partial charge in [-0.05, 0) is 43.8 Å². The third-order valence-corrected chi connectivity index (χ3v) is 8.26. The highest BCUT2D eigenvalue weighted by Gasteiger charge is 2.34. The van der Waals surface area contributed by atoms with E-state index in [-0.39, 0.29) is 11.6 Å². The Bertz CT molecular complexity index is 1240. The number of alkyl halides is 3. The number of ether oxygens (including phenoxy) is 1. The van der Waals surface area contributed by atoms with E-state index in [9.17, 15) is 17.7 Å². The number of aromatic nitrogens is 2. The Balaban J connectivity index is 2.30. The van der Waals surface area contributed by atoms with Crippen LogP contribution in [-0.2, 0) is 4.57 Å². The first-order chi connectivity index (χ1) is 15.3. The number of nitrogens with zero attached hydrogens (tertiary/aromatic N) is 2. The number of benzene rings is 2. The Morgan fingerprint density at radius 2 is 1.85 bits per heavy atom. The van der Waals surface area contributed by atoms with Gasteiger partial charge in [0.2, 0.25) is 0 Å². The number of rotatable bonds is 6. The molecular formula is C23H28F3N4O2P. The molecule has 1 heterocycles. The van der Waals surface area contributed by atoms with Crippen LogP contribution in [0.4, 0.5) is 24.5 Å². The number of anilines is 2. The van der Waals surface area contributed by atoms with Gasteiger partial charge in [0.05, 0.1) is 17.1 Å². The van der Waals surface area contributed by atoms with Gasteiger partial charge in [-0.1, -0.05) is 32.9 Å². The van der Waals surface area contributed by atoms with Crippen LogP contribution in [0.2, 0.25) is 0 Å². The Morgan fingerprint density at radius 3 is 2.42 bits per heavy atom. The zero-order valence-electron chi connectivity index (χ0n) is 19.2. The van der Waals surface area contributed by atoms with E-state index in [1.54, 1.807) is 38.1 Å². The molecule has 0 saturated carbocycles. The van der Waals surface area contributed by atoms with Crippen LogP contribution in [0.1, 0.15) is 37.9 Å². The average Bonchev–Trinajstić information content (AvgIpc) is 3.05. The largest absolute Gasteiger partial charge is 0.573 e. The maximum atomic E-state index is 13.3. The number of para-hydroxylation sites is 1. The van der Waals surface area contributed by atoms with Gasteiger partial charge in [0, 0.05) is 28.3 Å². The van der Waals surface area contributed by atoms with E-state index in [1.165, 1.54) is 23.5 Å². The summed E-state index contributed by atoms with van der Waals surface area (Å²) in [5.74, 6) is -0.472. The summed E-state index contributed by atoms with van der Waals surface area (Å²) < 4.78 is 58.4. The van der Waals surface area contributed by atoms with Crippen molar-refractivity contribution >= 4 is 23.8 Å². The maximum Gasteiger partial charge on any atom is 0.573 e. The maximum absolute atomic E-state index is 13.3. The van der Waals surface area contributed by atoms with Crippen LogP contribution < -0.4 is 21.5 Å². The van der Waals surface area contributed by atoms with Gasteiger partial charge in [0.25, 0.3) is 0 Å². The summed E-state index contributed by atoms with van der Waals surface area (Å²) in [6, 6.07) is 9.40. The summed E-state index contributed by atoms with van der Waals surface area (Å²) in [6.07, 6.45) is -4.62. The van der Waals surface area contributed by atoms with Crippen LogP contribution in [0.15, 0.2) is 36.4 Å². The van der Waals surface area contributed by atoms with E-state index >= 15 is 0 Å². The molecule has 0 amide bonds. The monoisotopic (exact) mass is 480 g/mol. The molecule has 33 heavy (non-hydrogen) atoms. The van der Waals surface area contributed by atoms with Gasteiger partial charge >= 0.3 is 6.36 Å². The summed E-state index contributed by atoms with van der Waals surface area (Å²) in [6.45, 7) is 8.97. The molecule has 1 aromatic heterocycles. The molecule has 3 rings (SSSR count). The topological polar surface area (TPSA) is 96.2 Å². The molecule has 0 radical (unpaired) electrons. The Labute approximate surface area is 191 Å². The van der Waals surface area contributed by atoms with Crippen molar-refractivity contribution in [2.75, 3.05) is 24.3 Å². The van der Waals surface area contributed by atoms with Crippen molar-refractivity contribution in [2.24, 2.45) is 0 Å². The number of nitrogens with two attached hydrogens (primary N) is 2. The molecule has 0 bridgehead atoms. The van der Waals surface area contributed by atoms with Crippen LogP contribution in [-0.4, -0.2) is 29.0 Å². The minimum Gasteiger partial charge on any atom is -0.403 e. The van der Waals surface area contributed by atoms with E-state index in [2.05, 4.69) is 9.84 Å². The highest BCUT2D eigenvalue weighted by molar-refractivity contribution is 7.70. The Hall–Kier alpha value is -2.93. The first-order valence-corrected chi connectivity index (χ1v) is 12.8. The standard InChI is InChI=1S/C23H28F3N4O2P/c1-6-33(5,31)15-10-11-18(19(12-15)32-23(24,25)26)30-14(4)20(13(2)3)22(29-30)16-8-7-9-17(27)21(16)28/h7-13H,6,27-28H2,1-5H3. The van der Waals surface area contributed by atoms with Crippen LogP contribution in [0, 0.1) is 6.92 Å². The first kappa shape index (κ1) is 24.7. The zero-order chi connectivity index (χ0) is 24.7. The van der Waals surface area contributed by atoms with Gasteiger partial charge in [0.15, 0.2) is 5.75 Å². The SMILES string of the molecule is CCP(C)(=O)c1ccc(-n2nc(-c3cccc(N)c3N)c(C(C)C)c2C)c(OC(F)(F)F)c1. The second kappa shape index (κ2) is 8.78. The fourth-order valence-electron chi connectivity index (χ4n) is 3.79. The second-order valence-corrected chi connectivity index (χ2v) is 11.7. The van der Waals surface area contributed by atoms with E-state index in [0.717, 1.165) is 5.56 Å². The number of halogens is 3. The van der Waals surface area contributed by atoms with Gasteiger partial charge < -0.3 is 20.8 Å². The van der Waals surface area contributed by atoms with Crippen molar-refractivity contribution in [1.82, 2.24) is 9.78 Å². The van der Waals surface area contributed by atoms with E-state index in [1.807, 2.05) is 13.8 Å². The van der Waals surface area contributed by atoms with Gasteiger partial charge in [0.1, 0.15) is 12.8 Å². The van der Waals surface area contributed by atoms with Gasteiger partial charge in [-0.3, -0.25) is 0 Å². The van der Waals surface area contributed by atoms with E-state index < -0.39 is 19.3 Å². The molecule has 10 heteroatoms. The van der Waals surface area contributed by atoms with Crippen LogP contribution >= 0.6 is 7.14 Å². The molecule has 178 valence electrons. The van der Waals surface area contributed by atoms with Crippen LogP contribution in [0.25, 0.3) is 16.9 Å². The lowest BCUT2D eigenvalue weighted by molar-refractivity contribution is -0.274. The molecule has 0 aliphatic heterocycles. The molecule has 4 N–H and O–H groups in total. The number of hydrogen-bond donors (Lipinski definition) is 2. The van der Waals surface area contributed by atoms with Crippen molar-refractivity contribution in [3.63, 3.8) is 0 Å². The molecule has 1 atom stereocenters. The fourth-order valence-corrected chi connectivity index (χ4v) is 4.93. The van der Waals surface area contributed by atoms with E-state index in [0.29, 0.717) is 39.8 Å². The molecule has 2 aromatic carbocycles. The predicted octanol–water partition coefficient (Wildman–Crippen LogP) is 5.67. The molecule has 1 unspecified atom stereocenters. The number of nitrogen functional groups attached to an aromatic ring is 2. The Kier molecular flexibility index (Phi) is 6.58. The smallest absolute Gasteiger partial charge is 0.403 e. The third-order valence-electron chi connectivity index (χ3n) is 5.68. The third kappa shape index (κ3) is 4.88. The molecule has 3 aromatic rings. The van der Waals surface area contributed by atoms with Crippen molar-refractivity contribution in [1.29, 1.82) is 0 Å². The summed E-state index contributed by atoms with van der Waals surface area (Å²) >= 11 is 0. The van der Waals surface area contributed by atoms with Gasteiger partial charge in [-0.2, -0.15) is 5.10 Å². The van der Waals surface area contributed by atoms with Gasteiger partial charge in [-0.25, -0.2) is 4.68 Å². The molecule has 0 saturated heterocycles. The predicted molar refractivity (Wildman–Crippen MR) is 127 cm³/mol. The van der Waals surface area contributed by atoms with Crippen molar-refractivity contribution in [3.05, 3.63) is 47.7 Å². The molecule has 0 spiro atoms. The van der Waals surface area contributed by atoms with Crippen molar-refractivity contribution in [3.8, 4) is 22.7 Å². The summed E-state index contributed by atoms with van der Waals surface area (Å²) in [7, 11) is -2.83. The highest BCUT2D eigenvalue weighted by atomic mass is 31.2. The minimum atomic E-state index is -4.93. The molecular weight excluding hydrogens is 452 g/mol. The lowest BCUT2D eigenvalue weighted by Crippen LogP contribution is -2.20. The molecule has 6 nitrogen and oxygen atoms in total. The summed E-state index contributed by atoms with van der Waals surface area (Å²) in [5.41, 5.74) is 15.6. The minimum absolute atomic E-state index is 0.00297. The lowest BCUT2D eigenvalue weighted by atomic mass is 9.96. The summed E-state index contributed by atoms with van der Waals surface area (Å²) in [5, 5.41) is 4.95. The van der Waals surface area contributed by atoms with Crippen molar-refractivity contribution in [2.45, 2.75) is 40.0 Å². The normalized spacial score (nSPS) is 13.8. The average molecular weight is 480 g/mol. The fraction of sp³-hybridized carbons (Fsp3) is 0.348. The van der Waals surface area contributed by atoms with Crippen LogP contribution in [0.5, 0.6) is 5.75 Å². The summed E-state index contributed by atoms with van der Waals surface area (Å²) in [4.78, 5) is 0. The highest BCUT2D eigenvalue weighted by Crippen LogP contribution is 2.43. The lowest BCUT2D eigenvalue weighted by Gasteiger charge is -2.18. The first-order valence-electron chi connectivity index (χ1n) is 10.5. The molecule has 0 aliphatic carbocycles. The molecule has 0 fully saturated rings. The second-order valence-electron chi connectivity index (χ2n) is 8.34.